The van der Waals surface area contributed by atoms with Crippen molar-refractivity contribution >= 4 is 35.1 Å². The molecular weight excluding hydrogens is 332 g/mol. The number of imide groups is 1. The summed E-state index contributed by atoms with van der Waals surface area (Å²) in [5.74, 6) is -0.802. The molecule has 3 rings (SSSR count). The van der Waals surface area contributed by atoms with Crippen molar-refractivity contribution < 1.29 is 19.1 Å². The second kappa shape index (κ2) is 6.75. The van der Waals surface area contributed by atoms with Crippen molar-refractivity contribution in [3.8, 4) is 11.3 Å². The number of urea groups is 1. The molecular formula is C15H14N4O4S. The average molecular weight is 346 g/mol. The number of amides is 3. The molecule has 2 heterocycles. The van der Waals surface area contributed by atoms with E-state index in [1.807, 2.05) is 5.38 Å². The number of nitrogens with zero attached hydrogens (tertiary/aromatic N) is 3. The predicted octanol–water partition coefficient (Wildman–Crippen LogP) is 1.58. The molecule has 1 fully saturated rings. The van der Waals surface area contributed by atoms with Crippen LogP contribution in [0.5, 0.6) is 0 Å². The summed E-state index contributed by atoms with van der Waals surface area (Å²) < 4.78 is 8.34. The van der Waals surface area contributed by atoms with E-state index in [1.165, 1.54) is 18.6 Å². The van der Waals surface area contributed by atoms with Crippen LogP contribution < -0.4 is 10.2 Å². The molecule has 0 spiro atoms. The molecule has 1 aliphatic rings. The van der Waals surface area contributed by atoms with Gasteiger partial charge in [0.2, 0.25) is 0 Å². The maximum absolute atomic E-state index is 12.4. The quantitative estimate of drug-likeness (QED) is 0.651. The predicted molar refractivity (Wildman–Crippen MR) is 86.4 cm³/mol. The highest BCUT2D eigenvalue weighted by molar-refractivity contribution is 7.03. The lowest BCUT2D eigenvalue weighted by Crippen LogP contribution is -2.31. The Morgan fingerprint density at radius 3 is 2.71 bits per heavy atom. The van der Waals surface area contributed by atoms with Gasteiger partial charge in [-0.25, -0.2) is 9.69 Å². The Balaban J connectivity index is 1.73. The summed E-state index contributed by atoms with van der Waals surface area (Å²) in [4.78, 5) is 36.7. The minimum Gasteiger partial charge on any atom is -0.469 e. The van der Waals surface area contributed by atoms with Crippen LogP contribution in [0.4, 0.5) is 10.5 Å². The molecule has 2 aromatic rings. The van der Waals surface area contributed by atoms with Crippen LogP contribution in [0.1, 0.15) is 12.8 Å². The lowest BCUT2D eigenvalue weighted by molar-refractivity contribution is -0.140. The van der Waals surface area contributed by atoms with Crippen molar-refractivity contribution in [1.29, 1.82) is 0 Å². The standard InChI is InChI=1S/C15H14N4O4S/c1-23-13(20)7-6-11-14(21)19(15(22)16-11)10-4-2-9(3-5-10)12-8-24-18-17-12/h2-5,8,11H,6-7H2,1H3,(H,16,22)/t11-/m1/s1. The van der Waals surface area contributed by atoms with Gasteiger partial charge in [-0.05, 0) is 30.1 Å². The topological polar surface area (TPSA) is 101 Å². The maximum atomic E-state index is 12.4. The second-order valence-corrected chi connectivity index (χ2v) is 5.74. The van der Waals surface area contributed by atoms with Gasteiger partial charge in [0.05, 0.1) is 12.8 Å². The molecule has 1 atom stereocenters. The van der Waals surface area contributed by atoms with Gasteiger partial charge in [0.25, 0.3) is 5.91 Å². The molecule has 1 N–H and O–H groups in total. The average Bonchev–Trinajstić information content (AvgIpc) is 3.21. The normalized spacial score (nSPS) is 17.0. The highest BCUT2D eigenvalue weighted by Gasteiger charge is 2.38. The summed E-state index contributed by atoms with van der Waals surface area (Å²) in [7, 11) is 1.28. The molecule has 1 aromatic heterocycles. The van der Waals surface area contributed by atoms with Crippen LogP contribution in [-0.4, -0.2) is 40.6 Å². The zero-order chi connectivity index (χ0) is 17.1. The smallest absolute Gasteiger partial charge is 0.329 e. The van der Waals surface area contributed by atoms with Crippen LogP contribution in [0.2, 0.25) is 0 Å². The number of aromatic nitrogens is 2. The van der Waals surface area contributed by atoms with E-state index in [4.69, 9.17) is 0 Å². The van der Waals surface area contributed by atoms with Gasteiger partial charge in [0.15, 0.2) is 0 Å². The highest BCUT2D eigenvalue weighted by atomic mass is 32.1. The molecule has 1 saturated heterocycles. The van der Waals surface area contributed by atoms with Crippen molar-refractivity contribution in [3.05, 3.63) is 29.6 Å². The Morgan fingerprint density at radius 2 is 2.08 bits per heavy atom. The fraction of sp³-hybridized carbons (Fsp3) is 0.267. The molecule has 1 aromatic carbocycles. The molecule has 8 nitrogen and oxygen atoms in total. The van der Waals surface area contributed by atoms with Crippen molar-refractivity contribution in [2.24, 2.45) is 0 Å². The zero-order valence-electron chi connectivity index (χ0n) is 12.8. The highest BCUT2D eigenvalue weighted by Crippen LogP contribution is 2.25. The SMILES string of the molecule is COC(=O)CC[C@H]1NC(=O)N(c2ccc(-c3csnn3)cc2)C1=O. The number of carbonyl (C=O) groups is 3. The van der Waals surface area contributed by atoms with E-state index in [9.17, 15) is 14.4 Å². The number of hydrogen-bond acceptors (Lipinski definition) is 7. The van der Waals surface area contributed by atoms with E-state index in [1.54, 1.807) is 24.3 Å². The first-order valence-corrected chi connectivity index (χ1v) is 8.02. The van der Waals surface area contributed by atoms with Gasteiger partial charge >= 0.3 is 12.0 Å². The van der Waals surface area contributed by atoms with Gasteiger partial charge in [-0.1, -0.05) is 16.6 Å². The molecule has 0 radical (unpaired) electrons. The summed E-state index contributed by atoms with van der Waals surface area (Å²) in [6, 6.07) is 5.67. The fourth-order valence-corrected chi connectivity index (χ4v) is 2.87. The van der Waals surface area contributed by atoms with Crippen LogP contribution in [0.3, 0.4) is 0 Å². The van der Waals surface area contributed by atoms with Crippen molar-refractivity contribution in [1.82, 2.24) is 14.9 Å². The lowest BCUT2D eigenvalue weighted by atomic mass is 10.1. The van der Waals surface area contributed by atoms with Gasteiger partial charge in [0, 0.05) is 17.4 Å². The number of methoxy groups -OCH3 is 1. The fourth-order valence-electron chi connectivity index (χ4n) is 2.41. The Bertz CT molecular complexity index is 760. The number of ether oxygens (including phenoxy) is 1. The van der Waals surface area contributed by atoms with Gasteiger partial charge in [-0.3, -0.25) is 9.59 Å². The first kappa shape index (κ1) is 16.1. The Morgan fingerprint density at radius 1 is 1.33 bits per heavy atom. The van der Waals surface area contributed by atoms with Crippen LogP contribution in [0.25, 0.3) is 11.3 Å². The first-order valence-electron chi connectivity index (χ1n) is 7.19. The molecule has 0 aliphatic carbocycles. The number of anilines is 1. The summed E-state index contributed by atoms with van der Waals surface area (Å²) in [5.41, 5.74) is 2.05. The molecule has 24 heavy (non-hydrogen) atoms. The van der Waals surface area contributed by atoms with E-state index >= 15 is 0 Å². The van der Waals surface area contributed by atoms with E-state index in [2.05, 4.69) is 19.6 Å². The first-order chi connectivity index (χ1) is 11.6. The van der Waals surface area contributed by atoms with E-state index in [-0.39, 0.29) is 18.7 Å². The summed E-state index contributed by atoms with van der Waals surface area (Å²) in [5, 5.41) is 8.36. The van der Waals surface area contributed by atoms with E-state index in [0.717, 1.165) is 16.2 Å². The van der Waals surface area contributed by atoms with Crippen LogP contribution in [0, 0.1) is 0 Å². The molecule has 9 heteroatoms. The Labute approximate surface area is 141 Å². The van der Waals surface area contributed by atoms with E-state index in [0.29, 0.717) is 5.69 Å². The van der Waals surface area contributed by atoms with Gasteiger partial charge in [-0.15, -0.1) is 5.10 Å². The summed E-state index contributed by atoms with van der Waals surface area (Å²) in [6.07, 6.45) is 0.271. The van der Waals surface area contributed by atoms with Crippen molar-refractivity contribution in [2.75, 3.05) is 12.0 Å². The number of hydrogen-bond donors (Lipinski definition) is 1. The van der Waals surface area contributed by atoms with Crippen LogP contribution in [-0.2, 0) is 14.3 Å². The maximum Gasteiger partial charge on any atom is 0.329 e. The zero-order valence-corrected chi connectivity index (χ0v) is 13.6. The third-order valence-corrected chi connectivity index (χ3v) is 4.17. The summed E-state index contributed by atoms with van der Waals surface area (Å²) in [6.45, 7) is 0. The van der Waals surface area contributed by atoms with Crippen LogP contribution >= 0.6 is 11.5 Å². The number of esters is 1. The Kier molecular flexibility index (Phi) is 4.52. The third-order valence-electron chi connectivity index (χ3n) is 3.67. The van der Waals surface area contributed by atoms with Crippen molar-refractivity contribution in [3.63, 3.8) is 0 Å². The lowest BCUT2D eigenvalue weighted by Gasteiger charge is -2.13. The minimum absolute atomic E-state index is 0.0663. The summed E-state index contributed by atoms with van der Waals surface area (Å²) >= 11 is 1.25. The molecule has 0 saturated carbocycles. The van der Waals surface area contributed by atoms with E-state index < -0.39 is 18.0 Å². The second-order valence-electron chi connectivity index (χ2n) is 5.13. The van der Waals surface area contributed by atoms with Crippen LogP contribution in [0.15, 0.2) is 29.6 Å². The number of rotatable bonds is 5. The van der Waals surface area contributed by atoms with Gasteiger partial charge in [0.1, 0.15) is 11.7 Å². The molecule has 1 aliphatic heterocycles. The van der Waals surface area contributed by atoms with Crippen molar-refractivity contribution in [2.45, 2.75) is 18.9 Å². The third kappa shape index (κ3) is 3.11. The number of carbonyl (C=O) groups excluding carboxylic acids is 3. The van der Waals surface area contributed by atoms with Gasteiger partial charge in [-0.2, -0.15) is 0 Å². The minimum atomic E-state index is -0.723. The molecule has 3 amide bonds. The largest absolute Gasteiger partial charge is 0.469 e. The molecule has 124 valence electrons. The molecule has 0 unspecified atom stereocenters. The van der Waals surface area contributed by atoms with Gasteiger partial charge < -0.3 is 10.1 Å². The monoisotopic (exact) mass is 346 g/mol. The Hall–Kier alpha value is -2.81. The molecule has 0 bridgehead atoms. The number of nitrogens with one attached hydrogen (secondary N) is 1. The number of benzene rings is 1.